The van der Waals surface area contributed by atoms with Crippen LogP contribution in [-0.2, 0) is 4.79 Å². The molecule has 1 aliphatic rings. The first kappa shape index (κ1) is 19.2. The topological polar surface area (TPSA) is 94.6 Å². The first-order chi connectivity index (χ1) is 12.7. The van der Waals surface area contributed by atoms with Crippen LogP contribution in [0.2, 0.25) is 5.02 Å². The molecule has 2 amide bonds. The Kier molecular flexibility index (Phi) is 5.15. The van der Waals surface area contributed by atoms with Crippen molar-refractivity contribution in [1.82, 2.24) is 15.6 Å². The SMILES string of the molecule is CC(C)(C)C(NC(=O)O)c1cc2cccc(Cl)c2nc1N1CCNC(=O)C1. The number of halogens is 1. The summed E-state index contributed by atoms with van der Waals surface area (Å²) in [5, 5.41) is 16.1. The Hall–Kier alpha value is -2.54. The number of anilines is 1. The molecular formula is C19H23ClN4O3. The van der Waals surface area contributed by atoms with Crippen LogP contribution in [0.25, 0.3) is 10.9 Å². The van der Waals surface area contributed by atoms with E-state index in [1.54, 1.807) is 6.07 Å². The van der Waals surface area contributed by atoms with E-state index in [2.05, 4.69) is 10.6 Å². The van der Waals surface area contributed by atoms with Crippen molar-refractivity contribution in [3.8, 4) is 0 Å². The van der Waals surface area contributed by atoms with Gasteiger partial charge in [-0.05, 0) is 17.5 Å². The molecule has 1 fully saturated rings. The van der Waals surface area contributed by atoms with Crippen molar-refractivity contribution in [2.75, 3.05) is 24.5 Å². The summed E-state index contributed by atoms with van der Waals surface area (Å²) in [6.45, 7) is 7.14. The third-order valence-electron chi connectivity index (χ3n) is 4.59. The van der Waals surface area contributed by atoms with Crippen molar-refractivity contribution in [3.63, 3.8) is 0 Å². The average molecular weight is 391 g/mol. The van der Waals surface area contributed by atoms with E-state index in [0.29, 0.717) is 29.4 Å². The minimum atomic E-state index is -1.11. The summed E-state index contributed by atoms with van der Waals surface area (Å²) in [7, 11) is 0. The second-order valence-electron chi connectivity index (χ2n) is 7.73. The predicted molar refractivity (Wildman–Crippen MR) is 105 cm³/mol. The smallest absolute Gasteiger partial charge is 0.405 e. The number of aromatic nitrogens is 1. The maximum atomic E-state index is 11.9. The number of fused-ring (bicyclic) bond motifs is 1. The van der Waals surface area contributed by atoms with E-state index in [9.17, 15) is 14.7 Å². The monoisotopic (exact) mass is 390 g/mol. The molecule has 8 heteroatoms. The van der Waals surface area contributed by atoms with Gasteiger partial charge in [0.2, 0.25) is 5.91 Å². The summed E-state index contributed by atoms with van der Waals surface area (Å²) >= 11 is 6.33. The van der Waals surface area contributed by atoms with Crippen LogP contribution in [0.1, 0.15) is 32.4 Å². The molecule has 1 atom stereocenters. The van der Waals surface area contributed by atoms with Crippen LogP contribution in [0.3, 0.4) is 0 Å². The Morgan fingerprint density at radius 3 is 2.78 bits per heavy atom. The number of rotatable bonds is 3. The number of amides is 2. The molecule has 0 spiro atoms. The number of para-hydroxylation sites is 1. The number of hydrogen-bond acceptors (Lipinski definition) is 4. The van der Waals surface area contributed by atoms with Crippen molar-refractivity contribution in [3.05, 3.63) is 34.9 Å². The lowest BCUT2D eigenvalue weighted by Crippen LogP contribution is -2.49. The zero-order valence-electron chi connectivity index (χ0n) is 15.5. The zero-order chi connectivity index (χ0) is 19.8. The molecule has 1 unspecified atom stereocenters. The number of piperazine rings is 1. The maximum absolute atomic E-state index is 11.9. The molecule has 144 valence electrons. The molecule has 1 saturated heterocycles. The molecule has 0 radical (unpaired) electrons. The lowest BCUT2D eigenvalue weighted by Gasteiger charge is -2.36. The van der Waals surface area contributed by atoms with Crippen LogP contribution in [0.15, 0.2) is 24.3 Å². The Morgan fingerprint density at radius 2 is 2.15 bits per heavy atom. The second-order valence-corrected chi connectivity index (χ2v) is 8.14. The highest BCUT2D eigenvalue weighted by Gasteiger charge is 2.33. The van der Waals surface area contributed by atoms with Crippen molar-refractivity contribution in [2.24, 2.45) is 5.41 Å². The van der Waals surface area contributed by atoms with E-state index in [0.717, 1.165) is 10.9 Å². The molecular weight excluding hydrogens is 368 g/mol. The zero-order valence-corrected chi connectivity index (χ0v) is 16.3. The van der Waals surface area contributed by atoms with Crippen molar-refractivity contribution >= 4 is 40.3 Å². The number of nitrogens with one attached hydrogen (secondary N) is 2. The van der Waals surface area contributed by atoms with Gasteiger partial charge in [-0.2, -0.15) is 0 Å². The highest BCUT2D eigenvalue weighted by Crippen LogP contribution is 2.39. The van der Waals surface area contributed by atoms with Gasteiger partial charge in [-0.1, -0.05) is 44.5 Å². The van der Waals surface area contributed by atoms with Gasteiger partial charge >= 0.3 is 6.09 Å². The number of carboxylic acid groups (broad SMARTS) is 1. The van der Waals surface area contributed by atoms with Crippen LogP contribution in [0.4, 0.5) is 10.6 Å². The Morgan fingerprint density at radius 1 is 1.41 bits per heavy atom. The summed E-state index contributed by atoms with van der Waals surface area (Å²) in [5.74, 6) is 0.492. The molecule has 2 aromatic rings. The quantitative estimate of drug-likeness (QED) is 0.748. The summed E-state index contributed by atoms with van der Waals surface area (Å²) in [4.78, 5) is 30.0. The molecule has 27 heavy (non-hydrogen) atoms. The summed E-state index contributed by atoms with van der Waals surface area (Å²) in [6.07, 6.45) is -1.11. The Balaban J connectivity index is 2.22. The number of benzene rings is 1. The number of hydrogen-bond donors (Lipinski definition) is 3. The van der Waals surface area contributed by atoms with Gasteiger partial charge in [0, 0.05) is 24.0 Å². The summed E-state index contributed by atoms with van der Waals surface area (Å²) in [6, 6.07) is 6.90. The lowest BCUT2D eigenvalue weighted by molar-refractivity contribution is -0.120. The van der Waals surface area contributed by atoms with Crippen LogP contribution in [-0.4, -0.2) is 41.7 Å². The molecule has 3 N–H and O–H groups in total. The van der Waals surface area contributed by atoms with Crippen molar-refractivity contribution in [1.29, 1.82) is 0 Å². The fourth-order valence-electron chi connectivity index (χ4n) is 3.34. The van der Waals surface area contributed by atoms with E-state index in [1.807, 2.05) is 43.9 Å². The van der Waals surface area contributed by atoms with Crippen molar-refractivity contribution in [2.45, 2.75) is 26.8 Å². The van der Waals surface area contributed by atoms with E-state index < -0.39 is 17.6 Å². The van der Waals surface area contributed by atoms with Gasteiger partial charge in [0.15, 0.2) is 0 Å². The lowest BCUT2D eigenvalue weighted by atomic mass is 9.82. The normalized spacial score (nSPS) is 16.1. The fraction of sp³-hybridized carbons (Fsp3) is 0.421. The van der Waals surface area contributed by atoms with E-state index in [-0.39, 0.29) is 12.5 Å². The van der Waals surface area contributed by atoms with Gasteiger partial charge < -0.3 is 20.6 Å². The van der Waals surface area contributed by atoms with E-state index >= 15 is 0 Å². The first-order valence-electron chi connectivity index (χ1n) is 8.77. The molecule has 2 heterocycles. The number of carbonyl (C=O) groups excluding carboxylic acids is 1. The van der Waals surface area contributed by atoms with E-state index in [1.165, 1.54) is 0 Å². The molecule has 1 aromatic carbocycles. The number of nitrogens with zero attached hydrogens (tertiary/aromatic N) is 2. The molecule has 0 saturated carbocycles. The predicted octanol–water partition coefficient (Wildman–Crippen LogP) is 3.18. The molecule has 7 nitrogen and oxygen atoms in total. The molecule has 3 rings (SSSR count). The third kappa shape index (κ3) is 4.08. The van der Waals surface area contributed by atoms with Crippen LogP contribution >= 0.6 is 11.6 Å². The summed E-state index contributed by atoms with van der Waals surface area (Å²) in [5.41, 5.74) is 0.959. The van der Waals surface area contributed by atoms with Gasteiger partial charge in [-0.25, -0.2) is 9.78 Å². The highest BCUT2D eigenvalue weighted by atomic mass is 35.5. The van der Waals surface area contributed by atoms with Gasteiger partial charge in [-0.15, -0.1) is 0 Å². The Labute approximate surface area is 162 Å². The van der Waals surface area contributed by atoms with Gasteiger partial charge in [0.05, 0.1) is 23.1 Å². The largest absolute Gasteiger partial charge is 0.465 e. The molecule has 0 bridgehead atoms. The summed E-state index contributed by atoms with van der Waals surface area (Å²) < 4.78 is 0. The minimum absolute atomic E-state index is 0.0910. The van der Waals surface area contributed by atoms with Crippen LogP contribution in [0, 0.1) is 5.41 Å². The fourth-order valence-corrected chi connectivity index (χ4v) is 3.56. The standard InChI is InChI=1S/C19H23ClN4O3/c1-19(2,3)16(23-18(26)27)12-9-11-5-4-6-13(20)15(11)22-17(12)24-8-7-21-14(25)10-24/h4-6,9,16,23H,7-8,10H2,1-3H3,(H,21,25)(H,26,27). The molecule has 1 aromatic heterocycles. The Bertz CT molecular complexity index is 894. The van der Waals surface area contributed by atoms with E-state index in [4.69, 9.17) is 16.6 Å². The second kappa shape index (κ2) is 7.23. The molecule has 0 aliphatic carbocycles. The van der Waals surface area contributed by atoms with Gasteiger partial charge in [-0.3, -0.25) is 4.79 Å². The van der Waals surface area contributed by atoms with Crippen LogP contribution in [0.5, 0.6) is 0 Å². The average Bonchev–Trinajstić information content (AvgIpc) is 2.58. The maximum Gasteiger partial charge on any atom is 0.405 e. The van der Waals surface area contributed by atoms with Gasteiger partial charge in [0.1, 0.15) is 5.82 Å². The van der Waals surface area contributed by atoms with Crippen LogP contribution < -0.4 is 15.5 Å². The molecule has 1 aliphatic heterocycles. The number of pyridine rings is 1. The first-order valence-corrected chi connectivity index (χ1v) is 9.15. The number of carbonyl (C=O) groups is 2. The third-order valence-corrected chi connectivity index (χ3v) is 4.89. The minimum Gasteiger partial charge on any atom is -0.465 e. The highest BCUT2D eigenvalue weighted by molar-refractivity contribution is 6.35. The van der Waals surface area contributed by atoms with Gasteiger partial charge in [0.25, 0.3) is 0 Å². The van der Waals surface area contributed by atoms with Crippen molar-refractivity contribution < 1.29 is 14.7 Å².